The van der Waals surface area contributed by atoms with Gasteiger partial charge in [-0.3, -0.25) is 9.69 Å². The van der Waals surface area contributed by atoms with Crippen LogP contribution in [0.2, 0.25) is 0 Å². The van der Waals surface area contributed by atoms with E-state index in [9.17, 15) is 14.7 Å². The molecule has 5 N–H and O–H groups in total. The number of aromatic nitrogens is 3. The number of anilines is 1. The molecule has 0 bridgehead atoms. The van der Waals surface area contributed by atoms with Gasteiger partial charge in [-0.15, -0.1) is 0 Å². The maximum Gasteiger partial charge on any atom is 0.337 e. The number of carbonyl (C=O) groups is 1. The molecule has 4 rings (SSSR count). The van der Waals surface area contributed by atoms with E-state index in [1.165, 1.54) is 0 Å². The number of nitrogens with one attached hydrogen (secondary N) is 2. The van der Waals surface area contributed by atoms with E-state index in [1.807, 2.05) is 19.1 Å². The maximum absolute atomic E-state index is 12.7. The second-order valence-electron chi connectivity index (χ2n) is 7.46. The highest BCUT2D eigenvalue weighted by Crippen LogP contribution is 2.23. The van der Waals surface area contributed by atoms with Crippen LogP contribution in [0.5, 0.6) is 0 Å². The molecule has 0 radical (unpaired) electrons. The third kappa shape index (κ3) is 3.54. The molecule has 1 aliphatic heterocycles. The van der Waals surface area contributed by atoms with Crippen molar-refractivity contribution in [2.45, 2.75) is 33.4 Å². The van der Waals surface area contributed by atoms with E-state index in [-0.39, 0.29) is 5.56 Å². The molecule has 2 aromatic heterocycles. The molecule has 29 heavy (non-hydrogen) atoms. The Morgan fingerprint density at radius 3 is 2.62 bits per heavy atom. The molecule has 0 spiro atoms. The molecule has 0 saturated heterocycles. The SMILES string of the molecule is Cc1[nH]c(CN2CCc3nc(-c4ccc(N)cc4)[nH]c(=O)c3C2)c(C)c1C(=O)O. The van der Waals surface area contributed by atoms with Crippen molar-refractivity contribution in [2.75, 3.05) is 12.3 Å². The van der Waals surface area contributed by atoms with Gasteiger partial charge in [-0.1, -0.05) is 0 Å². The van der Waals surface area contributed by atoms with E-state index in [2.05, 4.69) is 19.9 Å². The number of aryl methyl sites for hydroxylation is 1. The van der Waals surface area contributed by atoms with Crippen molar-refractivity contribution in [1.29, 1.82) is 0 Å². The molecule has 8 nitrogen and oxygen atoms in total. The maximum atomic E-state index is 12.7. The van der Waals surface area contributed by atoms with Crippen LogP contribution >= 0.6 is 0 Å². The van der Waals surface area contributed by atoms with Crippen LogP contribution in [0.3, 0.4) is 0 Å². The number of nitrogen functional groups attached to an aromatic ring is 1. The molecule has 1 aromatic carbocycles. The third-order valence-corrected chi connectivity index (χ3v) is 5.47. The zero-order valence-electron chi connectivity index (χ0n) is 16.4. The molecule has 8 heteroatoms. The first kappa shape index (κ1) is 18.9. The molecule has 0 saturated carbocycles. The normalized spacial score (nSPS) is 14.0. The number of carboxylic acid groups (broad SMARTS) is 1. The molecule has 1 aliphatic rings. The largest absolute Gasteiger partial charge is 0.478 e. The number of hydrogen-bond acceptors (Lipinski definition) is 5. The molecule has 0 unspecified atom stereocenters. The van der Waals surface area contributed by atoms with Crippen LogP contribution in [-0.4, -0.2) is 37.5 Å². The monoisotopic (exact) mass is 393 g/mol. The second kappa shape index (κ2) is 7.21. The van der Waals surface area contributed by atoms with Gasteiger partial charge in [0, 0.05) is 48.7 Å². The smallest absolute Gasteiger partial charge is 0.337 e. The number of nitrogens with zero attached hydrogens (tertiary/aromatic N) is 2. The topological polar surface area (TPSA) is 128 Å². The van der Waals surface area contributed by atoms with Gasteiger partial charge in [-0.05, 0) is 43.7 Å². The average Bonchev–Trinajstić information content (AvgIpc) is 2.96. The van der Waals surface area contributed by atoms with Gasteiger partial charge >= 0.3 is 5.97 Å². The summed E-state index contributed by atoms with van der Waals surface area (Å²) in [5, 5.41) is 9.37. The summed E-state index contributed by atoms with van der Waals surface area (Å²) in [4.78, 5) is 37.0. The first-order chi connectivity index (χ1) is 13.8. The molecule has 0 fully saturated rings. The van der Waals surface area contributed by atoms with Crippen LogP contribution in [0.4, 0.5) is 5.69 Å². The Morgan fingerprint density at radius 1 is 1.24 bits per heavy atom. The molecular weight excluding hydrogens is 370 g/mol. The zero-order chi connectivity index (χ0) is 20.7. The summed E-state index contributed by atoms with van der Waals surface area (Å²) in [5.41, 5.74) is 11.1. The van der Waals surface area contributed by atoms with Gasteiger partial charge in [0.2, 0.25) is 0 Å². The van der Waals surface area contributed by atoms with Crippen molar-refractivity contribution in [1.82, 2.24) is 19.9 Å². The fraction of sp³-hybridized carbons (Fsp3) is 0.286. The summed E-state index contributed by atoms with van der Waals surface area (Å²) in [6.45, 7) is 5.34. The number of benzene rings is 1. The number of rotatable bonds is 4. The standard InChI is InChI=1S/C21H23N5O3/c1-11-17(23-12(2)18(11)21(28)29)10-26-8-7-16-15(9-26)20(27)25-19(24-16)13-3-5-14(22)6-4-13/h3-6,23H,7-10,22H2,1-2H3,(H,28,29)(H,24,25,27). The summed E-state index contributed by atoms with van der Waals surface area (Å²) >= 11 is 0. The van der Waals surface area contributed by atoms with Crippen molar-refractivity contribution in [3.05, 3.63) is 68.4 Å². The lowest BCUT2D eigenvalue weighted by Crippen LogP contribution is -2.35. The number of aromatic amines is 2. The van der Waals surface area contributed by atoms with E-state index in [4.69, 9.17) is 5.73 Å². The van der Waals surface area contributed by atoms with Crippen LogP contribution in [0.15, 0.2) is 29.1 Å². The quantitative estimate of drug-likeness (QED) is 0.503. The van der Waals surface area contributed by atoms with Gasteiger partial charge in [0.1, 0.15) is 5.82 Å². The first-order valence-corrected chi connectivity index (χ1v) is 9.45. The molecule has 150 valence electrons. The third-order valence-electron chi connectivity index (χ3n) is 5.47. The number of hydrogen-bond donors (Lipinski definition) is 4. The van der Waals surface area contributed by atoms with Gasteiger partial charge in [0.05, 0.1) is 16.8 Å². The minimum atomic E-state index is -0.928. The van der Waals surface area contributed by atoms with Crippen molar-refractivity contribution in [2.24, 2.45) is 0 Å². The number of nitrogens with two attached hydrogens (primary N) is 1. The minimum absolute atomic E-state index is 0.142. The molecular formula is C21H23N5O3. The predicted molar refractivity (Wildman–Crippen MR) is 110 cm³/mol. The van der Waals surface area contributed by atoms with Crippen LogP contribution < -0.4 is 11.3 Å². The first-order valence-electron chi connectivity index (χ1n) is 9.45. The van der Waals surface area contributed by atoms with E-state index in [0.29, 0.717) is 47.8 Å². The number of aromatic carboxylic acids is 1. The van der Waals surface area contributed by atoms with Crippen molar-refractivity contribution < 1.29 is 9.90 Å². The predicted octanol–water partition coefficient (Wildman–Crippen LogP) is 2.22. The van der Waals surface area contributed by atoms with E-state index < -0.39 is 5.97 Å². The fourth-order valence-electron chi connectivity index (χ4n) is 3.91. The van der Waals surface area contributed by atoms with Gasteiger partial charge in [0.15, 0.2) is 0 Å². The summed E-state index contributed by atoms with van der Waals surface area (Å²) in [7, 11) is 0. The summed E-state index contributed by atoms with van der Waals surface area (Å²) in [5.74, 6) is -0.383. The van der Waals surface area contributed by atoms with Crippen LogP contribution in [0, 0.1) is 13.8 Å². The Balaban J connectivity index is 1.58. The Kier molecular flexibility index (Phi) is 4.71. The average molecular weight is 393 g/mol. The lowest BCUT2D eigenvalue weighted by Gasteiger charge is -2.27. The Labute approximate surface area is 167 Å². The van der Waals surface area contributed by atoms with Gasteiger partial charge in [0.25, 0.3) is 5.56 Å². The van der Waals surface area contributed by atoms with Crippen molar-refractivity contribution in [3.8, 4) is 11.4 Å². The number of fused-ring (bicyclic) bond motifs is 1. The second-order valence-corrected chi connectivity index (χ2v) is 7.46. The van der Waals surface area contributed by atoms with Crippen LogP contribution in [0.1, 0.15) is 38.6 Å². The summed E-state index contributed by atoms with van der Waals surface area (Å²) in [6, 6.07) is 7.24. The minimum Gasteiger partial charge on any atom is -0.478 e. The molecule has 0 aliphatic carbocycles. The fourth-order valence-corrected chi connectivity index (χ4v) is 3.91. The Hall–Kier alpha value is -3.39. The molecule has 3 heterocycles. The van der Waals surface area contributed by atoms with Gasteiger partial charge in [-0.25, -0.2) is 9.78 Å². The lowest BCUT2D eigenvalue weighted by molar-refractivity contribution is 0.0695. The Bertz CT molecular complexity index is 1140. The van der Waals surface area contributed by atoms with Gasteiger partial charge < -0.3 is 20.8 Å². The van der Waals surface area contributed by atoms with E-state index >= 15 is 0 Å². The summed E-state index contributed by atoms with van der Waals surface area (Å²) in [6.07, 6.45) is 0.658. The van der Waals surface area contributed by atoms with Crippen molar-refractivity contribution >= 4 is 11.7 Å². The van der Waals surface area contributed by atoms with Crippen LogP contribution in [0.25, 0.3) is 11.4 Å². The molecule has 0 atom stereocenters. The highest BCUT2D eigenvalue weighted by molar-refractivity contribution is 5.91. The molecule has 0 amide bonds. The zero-order valence-corrected chi connectivity index (χ0v) is 16.4. The number of H-pyrrole nitrogens is 2. The number of carboxylic acids is 1. The molecule has 3 aromatic rings. The van der Waals surface area contributed by atoms with Gasteiger partial charge in [-0.2, -0.15) is 0 Å². The van der Waals surface area contributed by atoms with Crippen molar-refractivity contribution in [3.63, 3.8) is 0 Å². The van der Waals surface area contributed by atoms with Crippen LogP contribution in [-0.2, 0) is 19.5 Å². The lowest BCUT2D eigenvalue weighted by atomic mass is 10.1. The van der Waals surface area contributed by atoms with E-state index in [1.54, 1.807) is 19.1 Å². The highest BCUT2D eigenvalue weighted by atomic mass is 16.4. The Morgan fingerprint density at radius 2 is 1.97 bits per heavy atom. The highest BCUT2D eigenvalue weighted by Gasteiger charge is 2.24. The van der Waals surface area contributed by atoms with E-state index in [0.717, 1.165) is 29.1 Å². The summed E-state index contributed by atoms with van der Waals surface area (Å²) < 4.78 is 0.